The standard InChI is InChI=1S/C25H30ClN3O4S2/c1-33-17-2-3-21-19(14-17)23(20(26)15-27-21)22(30)4-6-25(24(31)28-32)7-9-29(10-8-25)11-13-35-18-5-12-34-16-18/h2-3,5,12,14-16,22,30,32H,4,6-11,13H2,1H3,(H,28,31). The number of halogens is 1. The zero-order valence-corrected chi connectivity index (χ0v) is 22.0. The number of amides is 1. The molecule has 3 N–H and O–H groups in total. The summed E-state index contributed by atoms with van der Waals surface area (Å²) in [4.78, 5) is 20.8. The second-order valence-electron chi connectivity index (χ2n) is 8.83. The van der Waals surface area contributed by atoms with E-state index in [2.05, 4.69) is 26.7 Å². The van der Waals surface area contributed by atoms with Crippen molar-refractivity contribution < 1.29 is 19.8 Å². The van der Waals surface area contributed by atoms with Gasteiger partial charge in [0.25, 0.3) is 0 Å². The number of hydrogen-bond donors (Lipinski definition) is 3. The van der Waals surface area contributed by atoms with E-state index in [0.717, 1.165) is 30.8 Å². The van der Waals surface area contributed by atoms with Crippen molar-refractivity contribution in [2.45, 2.75) is 36.7 Å². The summed E-state index contributed by atoms with van der Waals surface area (Å²) in [5.74, 6) is 1.26. The Morgan fingerprint density at radius 1 is 1.37 bits per heavy atom. The summed E-state index contributed by atoms with van der Waals surface area (Å²) in [6.07, 6.45) is 2.66. The molecule has 1 amide bonds. The third-order valence-electron chi connectivity index (χ3n) is 6.87. The van der Waals surface area contributed by atoms with Crippen molar-refractivity contribution in [2.24, 2.45) is 5.41 Å². The maximum atomic E-state index is 12.8. The van der Waals surface area contributed by atoms with Gasteiger partial charge < -0.3 is 14.7 Å². The summed E-state index contributed by atoms with van der Waals surface area (Å²) >= 11 is 9.99. The number of thiophene rings is 1. The van der Waals surface area contributed by atoms with Crippen LogP contribution >= 0.6 is 34.7 Å². The van der Waals surface area contributed by atoms with Gasteiger partial charge in [-0.1, -0.05) is 11.6 Å². The lowest BCUT2D eigenvalue weighted by atomic mass is 9.73. The highest BCUT2D eigenvalue weighted by Crippen LogP contribution is 2.41. The fourth-order valence-electron chi connectivity index (χ4n) is 4.73. The van der Waals surface area contributed by atoms with Crippen molar-refractivity contribution in [1.82, 2.24) is 15.4 Å². The number of nitrogens with zero attached hydrogens (tertiary/aromatic N) is 2. The number of carbonyl (C=O) groups is 1. The highest BCUT2D eigenvalue weighted by atomic mass is 35.5. The Morgan fingerprint density at radius 3 is 2.86 bits per heavy atom. The number of rotatable bonds is 10. The van der Waals surface area contributed by atoms with Gasteiger partial charge in [-0.2, -0.15) is 11.3 Å². The molecule has 1 aliphatic rings. The van der Waals surface area contributed by atoms with Gasteiger partial charge >= 0.3 is 0 Å². The van der Waals surface area contributed by atoms with Gasteiger partial charge in [-0.15, -0.1) is 11.8 Å². The van der Waals surface area contributed by atoms with Gasteiger partial charge in [-0.05, 0) is 68.4 Å². The second-order valence-corrected chi connectivity index (χ2v) is 11.2. The predicted octanol–water partition coefficient (Wildman–Crippen LogP) is 5.15. The summed E-state index contributed by atoms with van der Waals surface area (Å²) < 4.78 is 5.33. The minimum absolute atomic E-state index is 0.331. The molecule has 0 aliphatic carbocycles. The van der Waals surface area contributed by atoms with Gasteiger partial charge in [0.15, 0.2) is 0 Å². The lowest BCUT2D eigenvalue weighted by Crippen LogP contribution is -2.48. The fraction of sp³-hybridized carbons (Fsp3) is 0.440. The maximum absolute atomic E-state index is 12.8. The number of ether oxygens (including phenoxy) is 1. The van der Waals surface area contributed by atoms with Crippen molar-refractivity contribution in [1.29, 1.82) is 0 Å². The van der Waals surface area contributed by atoms with E-state index in [-0.39, 0.29) is 5.91 Å². The number of fused-ring (bicyclic) bond motifs is 1. The maximum Gasteiger partial charge on any atom is 0.249 e. The van der Waals surface area contributed by atoms with E-state index in [4.69, 9.17) is 16.3 Å². The molecule has 0 bridgehead atoms. The Labute approximate surface area is 218 Å². The van der Waals surface area contributed by atoms with Crippen LogP contribution in [0, 0.1) is 5.41 Å². The molecular weight excluding hydrogens is 506 g/mol. The van der Waals surface area contributed by atoms with Crippen LogP contribution in [-0.2, 0) is 4.79 Å². The van der Waals surface area contributed by atoms with Crippen molar-refractivity contribution in [3.05, 3.63) is 51.8 Å². The van der Waals surface area contributed by atoms with E-state index >= 15 is 0 Å². The van der Waals surface area contributed by atoms with E-state index in [1.807, 2.05) is 35.4 Å². The topological polar surface area (TPSA) is 94.9 Å². The summed E-state index contributed by atoms with van der Waals surface area (Å²) in [6.45, 7) is 2.48. The van der Waals surface area contributed by atoms with E-state index in [0.29, 0.717) is 47.5 Å². The molecule has 3 heterocycles. The fourth-order valence-corrected chi connectivity index (χ4v) is 6.80. The van der Waals surface area contributed by atoms with Crippen molar-refractivity contribution in [2.75, 3.05) is 32.5 Å². The lowest BCUT2D eigenvalue weighted by molar-refractivity contribution is -0.143. The molecule has 0 radical (unpaired) electrons. The number of benzene rings is 1. The summed E-state index contributed by atoms with van der Waals surface area (Å²) in [5, 5.41) is 26.0. The smallest absolute Gasteiger partial charge is 0.249 e. The van der Waals surface area contributed by atoms with Crippen LogP contribution in [-0.4, -0.2) is 58.6 Å². The minimum atomic E-state index is -0.886. The summed E-state index contributed by atoms with van der Waals surface area (Å²) in [6, 6.07) is 7.58. The van der Waals surface area contributed by atoms with Crippen molar-refractivity contribution in [3.8, 4) is 5.75 Å². The number of thioether (sulfide) groups is 1. The number of carbonyl (C=O) groups excluding carboxylic acids is 1. The van der Waals surface area contributed by atoms with Gasteiger partial charge in [-0.25, -0.2) is 5.48 Å². The molecular formula is C25H30ClN3O4S2. The van der Waals surface area contributed by atoms with Crippen LogP contribution in [0.5, 0.6) is 5.75 Å². The van der Waals surface area contributed by atoms with Gasteiger partial charge in [0.05, 0.1) is 29.2 Å². The average Bonchev–Trinajstić information content (AvgIpc) is 3.40. The Bertz CT molecular complexity index is 1140. The number of aromatic nitrogens is 1. The molecule has 1 aromatic carbocycles. The third kappa shape index (κ3) is 6.10. The van der Waals surface area contributed by atoms with Gasteiger partial charge in [0, 0.05) is 39.7 Å². The first kappa shape index (κ1) is 26.2. The normalized spacial score (nSPS) is 16.8. The highest BCUT2D eigenvalue weighted by Gasteiger charge is 2.41. The van der Waals surface area contributed by atoms with Gasteiger partial charge in [-0.3, -0.25) is 15.0 Å². The van der Waals surface area contributed by atoms with E-state index in [1.54, 1.807) is 18.4 Å². The summed E-state index contributed by atoms with van der Waals surface area (Å²) in [7, 11) is 1.58. The Balaban J connectivity index is 1.42. The molecule has 1 fully saturated rings. The Kier molecular flexibility index (Phi) is 8.91. The number of likely N-dealkylation sites (tertiary alicyclic amines) is 1. The zero-order valence-electron chi connectivity index (χ0n) is 19.6. The summed E-state index contributed by atoms with van der Waals surface area (Å²) in [5.41, 5.74) is 2.43. The number of pyridine rings is 1. The lowest BCUT2D eigenvalue weighted by Gasteiger charge is -2.40. The van der Waals surface area contributed by atoms with Gasteiger partial charge in [0.1, 0.15) is 5.75 Å². The molecule has 4 rings (SSSR count). The molecule has 35 heavy (non-hydrogen) atoms. The van der Waals surface area contributed by atoms with Crippen LogP contribution in [0.15, 0.2) is 46.1 Å². The SMILES string of the molecule is COc1ccc2ncc(Cl)c(C(O)CCC3(C(=O)NO)CCN(CCSc4ccsc4)CC3)c2c1. The minimum Gasteiger partial charge on any atom is -0.497 e. The van der Waals surface area contributed by atoms with Crippen molar-refractivity contribution in [3.63, 3.8) is 0 Å². The molecule has 1 aliphatic heterocycles. The molecule has 10 heteroatoms. The second kappa shape index (κ2) is 11.9. The van der Waals surface area contributed by atoms with E-state index in [1.165, 1.54) is 11.1 Å². The zero-order chi connectivity index (χ0) is 24.8. The van der Waals surface area contributed by atoms with E-state index < -0.39 is 11.5 Å². The van der Waals surface area contributed by atoms with Crippen molar-refractivity contribution >= 4 is 51.5 Å². The largest absolute Gasteiger partial charge is 0.497 e. The molecule has 0 saturated carbocycles. The molecule has 188 valence electrons. The van der Waals surface area contributed by atoms with Gasteiger partial charge in [0.2, 0.25) is 5.91 Å². The first-order valence-electron chi connectivity index (χ1n) is 11.6. The molecule has 0 spiro atoms. The highest BCUT2D eigenvalue weighted by molar-refractivity contribution is 7.99. The van der Waals surface area contributed by atoms with Crippen LogP contribution in [0.4, 0.5) is 0 Å². The molecule has 1 unspecified atom stereocenters. The number of methoxy groups -OCH3 is 1. The number of aliphatic hydroxyl groups excluding tert-OH is 1. The number of nitrogens with one attached hydrogen (secondary N) is 1. The van der Waals surface area contributed by atoms with Crippen LogP contribution in [0.1, 0.15) is 37.4 Å². The Morgan fingerprint density at radius 2 is 2.17 bits per heavy atom. The molecule has 2 aromatic heterocycles. The molecule has 3 aromatic rings. The van der Waals surface area contributed by atoms with Crippen LogP contribution in [0.3, 0.4) is 0 Å². The van der Waals surface area contributed by atoms with Crippen LogP contribution < -0.4 is 10.2 Å². The molecule has 1 saturated heterocycles. The molecule has 7 nitrogen and oxygen atoms in total. The van der Waals surface area contributed by atoms with E-state index in [9.17, 15) is 15.1 Å². The average molecular weight is 536 g/mol. The number of aliphatic hydroxyl groups is 1. The number of piperidine rings is 1. The predicted molar refractivity (Wildman–Crippen MR) is 141 cm³/mol. The number of hydrogen-bond acceptors (Lipinski definition) is 8. The first-order valence-corrected chi connectivity index (χ1v) is 13.9. The first-order chi connectivity index (χ1) is 17.0. The third-order valence-corrected chi connectivity index (χ3v) is 8.97. The number of hydroxylamine groups is 1. The molecule has 1 atom stereocenters. The quantitative estimate of drug-likeness (QED) is 0.188. The Hall–Kier alpha value is -1.88. The van der Waals surface area contributed by atoms with Crippen LogP contribution in [0.25, 0.3) is 10.9 Å². The monoisotopic (exact) mass is 535 g/mol. The van der Waals surface area contributed by atoms with Crippen LogP contribution in [0.2, 0.25) is 5.02 Å².